The highest BCUT2D eigenvalue weighted by molar-refractivity contribution is 6.22. The van der Waals surface area contributed by atoms with Crippen molar-refractivity contribution >= 4 is 17.7 Å². The molecule has 0 spiro atoms. The molecule has 3 aliphatic carbocycles. The van der Waals surface area contributed by atoms with Crippen LogP contribution < -0.4 is 5.32 Å². The highest BCUT2D eigenvalue weighted by Gasteiger charge is 2.56. The molecule has 4 aliphatic rings. The molecule has 1 aromatic carbocycles. The lowest BCUT2D eigenvalue weighted by Crippen LogP contribution is -2.55. The van der Waals surface area contributed by atoms with Crippen molar-refractivity contribution in [2.75, 3.05) is 0 Å². The number of rotatable bonds is 3. The lowest BCUT2D eigenvalue weighted by molar-refractivity contribution is -0.126. The van der Waals surface area contributed by atoms with Gasteiger partial charge in [-0.2, -0.15) is 0 Å². The smallest absolute Gasteiger partial charge is 0.262 e. The SMILES string of the molecule is CC(C(=O)NC12CCCC3CC(C1)C3C2)N1C(=O)c2ccccc2C1=O. The van der Waals surface area contributed by atoms with Gasteiger partial charge in [0, 0.05) is 5.54 Å². The maximum absolute atomic E-state index is 13.0. The summed E-state index contributed by atoms with van der Waals surface area (Å²) in [7, 11) is 0. The van der Waals surface area contributed by atoms with Crippen LogP contribution in [0.25, 0.3) is 0 Å². The molecule has 136 valence electrons. The zero-order chi connectivity index (χ0) is 18.1. The second-order valence-corrected chi connectivity index (χ2v) is 8.69. The Morgan fingerprint density at radius 2 is 1.85 bits per heavy atom. The van der Waals surface area contributed by atoms with E-state index < -0.39 is 6.04 Å². The van der Waals surface area contributed by atoms with Crippen molar-refractivity contribution in [3.8, 4) is 0 Å². The molecule has 1 heterocycles. The Bertz CT molecular complexity index is 782. The summed E-state index contributed by atoms with van der Waals surface area (Å²) in [5, 5.41) is 3.28. The van der Waals surface area contributed by atoms with E-state index in [9.17, 15) is 14.4 Å². The largest absolute Gasteiger partial charge is 0.349 e. The summed E-state index contributed by atoms with van der Waals surface area (Å²) in [6.07, 6.45) is 6.92. The minimum absolute atomic E-state index is 0.120. The normalized spacial score (nSPS) is 35.6. The molecule has 1 aromatic rings. The number of hydrogen-bond acceptors (Lipinski definition) is 3. The van der Waals surface area contributed by atoms with E-state index >= 15 is 0 Å². The predicted molar refractivity (Wildman–Crippen MR) is 95.4 cm³/mol. The van der Waals surface area contributed by atoms with Crippen molar-refractivity contribution in [1.29, 1.82) is 0 Å². The van der Waals surface area contributed by atoms with Crippen molar-refractivity contribution in [3.63, 3.8) is 0 Å². The molecule has 1 N–H and O–H groups in total. The van der Waals surface area contributed by atoms with Gasteiger partial charge in [-0.15, -0.1) is 0 Å². The van der Waals surface area contributed by atoms with Crippen molar-refractivity contribution < 1.29 is 14.4 Å². The molecule has 3 fully saturated rings. The fourth-order valence-corrected chi connectivity index (χ4v) is 5.98. The van der Waals surface area contributed by atoms with Crippen LogP contribution in [0.4, 0.5) is 0 Å². The number of amides is 3. The number of nitrogens with zero attached hydrogens (tertiary/aromatic N) is 1. The second-order valence-electron chi connectivity index (χ2n) is 8.69. The summed E-state index contributed by atoms with van der Waals surface area (Å²) < 4.78 is 0. The minimum Gasteiger partial charge on any atom is -0.349 e. The van der Waals surface area contributed by atoms with Gasteiger partial charge in [0.2, 0.25) is 5.91 Å². The Hall–Kier alpha value is -2.17. The molecule has 0 radical (unpaired) electrons. The van der Waals surface area contributed by atoms with Crippen LogP contribution in [0.5, 0.6) is 0 Å². The number of imide groups is 1. The van der Waals surface area contributed by atoms with Crippen LogP contribution in [0.15, 0.2) is 24.3 Å². The van der Waals surface area contributed by atoms with Crippen LogP contribution in [0.2, 0.25) is 0 Å². The standard InChI is InChI=1S/C21H24N2O3/c1-12(23-19(25)15-6-2-3-7-16(15)20(23)26)18(24)22-21-8-4-5-13-9-14(10-21)17(13)11-21/h2-3,6-7,12-14,17H,4-5,8-11H2,1H3,(H,22,24). The Morgan fingerprint density at radius 3 is 2.54 bits per heavy atom. The number of benzene rings is 1. The van der Waals surface area contributed by atoms with Crippen LogP contribution in [0.1, 0.15) is 66.2 Å². The third-order valence-corrected chi connectivity index (χ3v) is 7.31. The monoisotopic (exact) mass is 352 g/mol. The van der Waals surface area contributed by atoms with Crippen LogP contribution in [-0.4, -0.2) is 34.2 Å². The quantitative estimate of drug-likeness (QED) is 0.851. The van der Waals surface area contributed by atoms with Gasteiger partial charge < -0.3 is 5.32 Å². The Labute approximate surface area is 153 Å². The minimum atomic E-state index is -0.783. The average Bonchev–Trinajstić information content (AvgIpc) is 2.96. The predicted octanol–water partition coefficient (Wildman–Crippen LogP) is 2.76. The van der Waals surface area contributed by atoms with E-state index in [2.05, 4.69) is 5.32 Å². The average molecular weight is 352 g/mol. The maximum Gasteiger partial charge on any atom is 0.262 e. The third-order valence-electron chi connectivity index (χ3n) is 7.31. The van der Waals surface area contributed by atoms with Crippen LogP contribution in [0.3, 0.4) is 0 Å². The van der Waals surface area contributed by atoms with E-state index in [1.807, 2.05) is 0 Å². The lowest BCUT2D eigenvalue weighted by atomic mass is 9.65. The number of fused-ring (bicyclic) bond motifs is 2. The molecule has 1 aliphatic heterocycles. The van der Waals surface area contributed by atoms with Crippen molar-refractivity contribution in [1.82, 2.24) is 10.2 Å². The van der Waals surface area contributed by atoms with Crippen LogP contribution >= 0.6 is 0 Å². The van der Waals surface area contributed by atoms with Gasteiger partial charge in [0.1, 0.15) is 6.04 Å². The molecule has 5 unspecified atom stereocenters. The van der Waals surface area contributed by atoms with E-state index in [1.165, 1.54) is 12.8 Å². The summed E-state index contributed by atoms with van der Waals surface area (Å²) in [6, 6.07) is 6.01. The maximum atomic E-state index is 13.0. The number of hydrogen-bond donors (Lipinski definition) is 1. The van der Waals surface area contributed by atoms with Gasteiger partial charge in [-0.25, -0.2) is 0 Å². The summed E-state index contributed by atoms with van der Waals surface area (Å²) in [4.78, 5) is 39.4. The number of carbonyl (C=O) groups excluding carboxylic acids is 3. The van der Waals surface area contributed by atoms with Crippen molar-refractivity contribution in [3.05, 3.63) is 35.4 Å². The fourth-order valence-electron chi connectivity index (χ4n) is 5.98. The molecule has 5 rings (SSSR count). The summed E-state index contributed by atoms with van der Waals surface area (Å²) in [5.74, 6) is 1.47. The van der Waals surface area contributed by atoms with E-state index in [0.29, 0.717) is 11.1 Å². The molecule has 26 heavy (non-hydrogen) atoms. The zero-order valence-corrected chi connectivity index (χ0v) is 15.0. The van der Waals surface area contributed by atoms with Gasteiger partial charge >= 0.3 is 0 Å². The molecule has 3 saturated carbocycles. The Kier molecular flexibility index (Phi) is 3.34. The molecule has 2 bridgehead atoms. The Balaban J connectivity index is 1.35. The van der Waals surface area contributed by atoms with Crippen molar-refractivity contribution in [2.24, 2.45) is 17.8 Å². The summed E-state index contributed by atoms with van der Waals surface area (Å²) >= 11 is 0. The van der Waals surface area contributed by atoms with Gasteiger partial charge in [0.25, 0.3) is 11.8 Å². The number of nitrogens with one attached hydrogen (secondary N) is 1. The van der Waals surface area contributed by atoms with E-state index in [-0.39, 0.29) is 23.3 Å². The van der Waals surface area contributed by atoms with E-state index in [0.717, 1.165) is 48.3 Å². The summed E-state index contributed by atoms with van der Waals surface area (Å²) in [6.45, 7) is 1.66. The van der Waals surface area contributed by atoms with Gasteiger partial charge in [-0.1, -0.05) is 25.0 Å². The third kappa shape index (κ3) is 2.12. The fraction of sp³-hybridized carbons (Fsp3) is 0.571. The first-order valence-corrected chi connectivity index (χ1v) is 9.78. The first-order valence-electron chi connectivity index (χ1n) is 9.78. The van der Waals surface area contributed by atoms with Crippen molar-refractivity contribution in [2.45, 2.75) is 57.0 Å². The topological polar surface area (TPSA) is 66.5 Å². The second kappa shape index (κ2) is 5.41. The molecule has 5 nitrogen and oxygen atoms in total. The molecule has 3 amide bonds. The van der Waals surface area contributed by atoms with E-state index in [4.69, 9.17) is 0 Å². The lowest BCUT2D eigenvalue weighted by Gasteiger charge is -2.41. The first-order chi connectivity index (χ1) is 12.5. The zero-order valence-electron chi connectivity index (χ0n) is 15.0. The molecule has 5 heteroatoms. The molecule has 5 atom stereocenters. The highest BCUT2D eigenvalue weighted by atomic mass is 16.2. The van der Waals surface area contributed by atoms with E-state index in [1.54, 1.807) is 31.2 Å². The molecule has 0 aromatic heterocycles. The molecular weight excluding hydrogens is 328 g/mol. The summed E-state index contributed by atoms with van der Waals surface area (Å²) in [5.41, 5.74) is 0.669. The van der Waals surface area contributed by atoms with Gasteiger partial charge in [-0.3, -0.25) is 19.3 Å². The van der Waals surface area contributed by atoms with Gasteiger partial charge in [0.05, 0.1) is 11.1 Å². The molecule has 0 saturated heterocycles. The number of carbonyl (C=O) groups is 3. The van der Waals surface area contributed by atoms with Crippen LogP contribution in [-0.2, 0) is 4.79 Å². The highest BCUT2D eigenvalue weighted by Crippen LogP contribution is 2.59. The van der Waals surface area contributed by atoms with Crippen LogP contribution in [0, 0.1) is 17.8 Å². The first kappa shape index (κ1) is 16.0. The molecular formula is C21H24N2O3. The van der Waals surface area contributed by atoms with Gasteiger partial charge in [-0.05, 0) is 62.5 Å². The Morgan fingerprint density at radius 1 is 1.15 bits per heavy atom. The van der Waals surface area contributed by atoms with Gasteiger partial charge in [0.15, 0.2) is 0 Å².